The smallest absolute Gasteiger partial charge is 0.407 e. The van der Waals surface area contributed by atoms with Crippen LogP contribution in [0.5, 0.6) is 0 Å². The molecule has 0 radical (unpaired) electrons. The largest absolute Gasteiger partial charge is 0.445 e. The second-order valence-corrected chi connectivity index (χ2v) is 5.61. The van der Waals surface area contributed by atoms with Crippen molar-refractivity contribution in [3.8, 4) is 0 Å². The van der Waals surface area contributed by atoms with E-state index in [2.05, 4.69) is 10.1 Å². The molecule has 0 aromatic carbocycles. The maximum Gasteiger partial charge on any atom is 0.407 e. The molecular weight excluding hydrogens is 264 g/mol. The van der Waals surface area contributed by atoms with E-state index in [9.17, 15) is 9.90 Å². The second-order valence-electron chi connectivity index (χ2n) is 3.09. The van der Waals surface area contributed by atoms with Crippen molar-refractivity contribution in [3.63, 3.8) is 0 Å². The van der Waals surface area contributed by atoms with Crippen molar-refractivity contribution < 1.29 is 14.6 Å². The minimum Gasteiger partial charge on any atom is -0.445 e. The monoisotopic (exact) mass is 273 g/mol. The predicted molar refractivity (Wildman–Crippen MR) is 58.3 cm³/mol. The molecule has 0 unspecified atom stereocenters. The predicted octanol–water partition coefficient (Wildman–Crippen LogP) is 1.77. The number of alkyl halides is 3. The van der Waals surface area contributed by atoms with Crippen LogP contribution in [-0.4, -0.2) is 33.7 Å². The fraction of sp³-hybridized carbons (Fsp3) is 0.625. The standard InChI is InChI=1S/C8H10Cl3NO3/c9-8(10,11)4-15-7(14)12-5-2-1-3-6(5)13/h1-2,5-6,13H,3-4H2,(H,12,14)/t5-,6+/m1/s1. The fourth-order valence-corrected chi connectivity index (χ4v) is 1.27. The van der Waals surface area contributed by atoms with Gasteiger partial charge in [0.2, 0.25) is 3.79 Å². The van der Waals surface area contributed by atoms with Crippen LogP contribution < -0.4 is 5.32 Å². The zero-order valence-corrected chi connectivity index (χ0v) is 9.89. The minimum absolute atomic E-state index is 0.337. The van der Waals surface area contributed by atoms with Crippen molar-refractivity contribution in [1.82, 2.24) is 5.32 Å². The summed E-state index contributed by atoms with van der Waals surface area (Å²) in [4.78, 5) is 11.1. The molecule has 0 fully saturated rings. The first-order chi connectivity index (χ1) is 6.88. The van der Waals surface area contributed by atoms with Gasteiger partial charge >= 0.3 is 6.09 Å². The van der Waals surface area contributed by atoms with Crippen LogP contribution in [0.4, 0.5) is 4.79 Å². The molecule has 0 aliphatic heterocycles. The van der Waals surface area contributed by atoms with E-state index in [0.29, 0.717) is 6.42 Å². The number of amides is 1. The van der Waals surface area contributed by atoms with Gasteiger partial charge in [-0.25, -0.2) is 4.79 Å². The Morgan fingerprint density at radius 1 is 1.60 bits per heavy atom. The lowest BCUT2D eigenvalue weighted by molar-refractivity contribution is 0.123. The maximum absolute atomic E-state index is 11.1. The molecule has 0 aromatic rings. The zero-order chi connectivity index (χ0) is 11.5. The Balaban J connectivity index is 2.27. The first kappa shape index (κ1) is 12.9. The Bertz CT molecular complexity index is 264. The summed E-state index contributed by atoms with van der Waals surface area (Å²) in [6.45, 7) is -0.337. The first-order valence-corrected chi connectivity index (χ1v) is 5.36. The van der Waals surface area contributed by atoms with E-state index in [0.717, 1.165) is 0 Å². The molecule has 15 heavy (non-hydrogen) atoms. The highest BCUT2D eigenvalue weighted by Gasteiger charge is 2.25. The van der Waals surface area contributed by atoms with E-state index in [1.807, 2.05) is 0 Å². The van der Waals surface area contributed by atoms with E-state index < -0.39 is 22.0 Å². The molecule has 4 nitrogen and oxygen atoms in total. The third kappa shape index (κ3) is 4.93. The molecule has 0 bridgehead atoms. The molecule has 1 rings (SSSR count). The van der Waals surface area contributed by atoms with Gasteiger partial charge in [0.15, 0.2) is 0 Å². The number of hydrogen-bond donors (Lipinski definition) is 2. The first-order valence-electron chi connectivity index (χ1n) is 4.23. The van der Waals surface area contributed by atoms with Crippen LogP contribution in [0.1, 0.15) is 6.42 Å². The Morgan fingerprint density at radius 3 is 2.73 bits per heavy atom. The van der Waals surface area contributed by atoms with E-state index >= 15 is 0 Å². The number of nitrogens with one attached hydrogen (secondary N) is 1. The number of alkyl carbamates (subject to hydrolysis) is 1. The van der Waals surface area contributed by atoms with Crippen molar-refractivity contribution in [2.75, 3.05) is 6.61 Å². The van der Waals surface area contributed by atoms with E-state index in [1.165, 1.54) is 0 Å². The molecule has 1 aliphatic rings. The minimum atomic E-state index is -1.62. The van der Waals surface area contributed by atoms with Gasteiger partial charge in [-0.1, -0.05) is 47.0 Å². The van der Waals surface area contributed by atoms with Gasteiger partial charge in [-0.3, -0.25) is 0 Å². The van der Waals surface area contributed by atoms with Gasteiger partial charge in [-0.15, -0.1) is 0 Å². The van der Waals surface area contributed by atoms with E-state index in [-0.39, 0.29) is 6.61 Å². The lowest BCUT2D eigenvalue weighted by Crippen LogP contribution is -2.40. The van der Waals surface area contributed by atoms with Crippen LogP contribution in [0.15, 0.2) is 12.2 Å². The number of ether oxygens (including phenoxy) is 1. The number of aliphatic hydroxyl groups is 1. The van der Waals surface area contributed by atoms with E-state index in [1.54, 1.807) is 12.2 Å². The van der Waals surface area contributed by atoms with Crippen LogP contribution in [0.2, 0.25) is 0 Å². The topological polar surface area (TPSA) is 58.6 Å². The second kappa shape index (κ2) is 5.25. The number of hydrogen-bond acceptors (Lipinski definition) is 3. The van der Waals surface area contributed by atoms with Crippen molar-refractivity contribution in [3.05, 3.63) is 12.2 Å². The SMILES string of the molecule is O=C(N[C@@H]1C=CC[C@@H]1O)OCC(Cl)(Cl)Cl. The molecule has 2 atom stereocenters. The highest BCUT2D eigenvalue weighted by atomic mass is 35.6. The van der Waals surface area contributed by atoms with Gasteiger partial charge in [0.25, 0.3) is 0 Å². The maximum atomic E-state index is 11.1. The number of carbonyl (C=O) groups is 1. The molecule has 86 valence electrons. The summed E-state index contributed by atoms with van der Waals surface area (Å²) in [6.07, 6.45) is 2.61. The van der Waals surface area contributed by atoms with Crippen molar-refractivity contribution in [1.29, 1.82) is 0 Å². The normalized spacial score (nSPS) is 25.3. The quantitative estimate of drug-likeness (QED) is 0.596. The van der Waals surface area contributed by atoms with Crippen LogP contribution in [-0.2, 0) is 4.74 Å². The lowest BCUT2D eigenvalue weighted by atomic mass is 10.2. The Hall–Kier alpha value is -0.160. The van der Waals surface area contributed by atoms with Crippen LogP contribution in [0.3, 0.4) is 0 Å². The van der Waals surface area contributed by atoms with Gasteiger partial charge < -0.3 is 15.2 Å². The molecule has 0 saturated carbocycles. The summed E-state index contributed by atoms with van der Waals surface area (Å²) >= 11 is 16.2. The summed E-state index contributed by atoms with van der Waals surface area (Å²) in [5.41, 5.74) is 0. The van der Waals surface area contributed by atoms with Crippen molar-refractivity contribution in [2.45, 2.75) is 22.4 Å². The average Bonchev–Trinajstić information content (AvgIpc) is 2.47. The number of carbonyl (C=O) groups excluding carboxylic acids is 1. The highest BCUT2D eigenvalue weighted by molar-refractivity contribution is 6.67. The molecule has 0 heterocycles. The summed E-state index contributed by atoms with van der Waals surface area (Å²) in [5.74, 6) is 0. The molecule has 1 aliphatic carbocycles. The molecule has 0 saturated heterocycles. The Kier molecular flexibility index (Phi) is 4.52. The third-order valence-corrected chi connectivity index (χ3v) is 2.11. The Labute approximate surface area is 102 Å². The third-order valence-electron chi connectivity index (χ3n) is 1.79. The summed E-state index contributed by atoms with van der Waals surface area (Å²) in [6, 6.07) is -0.437. The molecule has 0 aromatic heterocycles. The van der Waals surface area contributed by atoms with Crippen molar-refractivity contribution >= 4 is 40.9 Å². The Morgan fingerprint density at radius 2 is 2.27 bits per heavy atom. The highest BCUT2D eigenvalue weighted by Crippen LogP contribution is 2.25. The zero-order valence-electron chi connectivity index (χ0n) is 7.62. The number of halogens is 3. The number of aliphatic hydroxyl groups excluding tert-OH is 1. The number of rotatable bonds is 2. The molecule has 7 heteroatoms. The molecule has 1 amide bonds. The van der Waals surface area contributed by atoms with Crippen LogP contribution >= 0.6 is 34.8 Å². The van der Waals surface area contributed by atoms with Gasteiger partial charge in [0.1, 0.15) is 6.61 Å². The fourth-order valence-electron chi connectivity index (χ4n) is 1.11. The van der Waals surface area contributed by atoms with Crippen LogP contribution in [0.25, 0.3) is 0 Å². The van der Waals surface area contributed by atoms with Gasteiger partial charge in [0, 0.05) is 0 Å². The van der Waals surface area contributed by atoms with Crippen LogP contribution in [0, 0.1) is 0 Å². The van der Waals surface area contributed by atoms with Gasteiger partial charge in [-0.05, 0) is 6.42 Å². The molecule has 0 spiro atoms. The average molecular weight is 275 g/mol. The van der Waals surface area contributed by atoms with E-state index in [4.69, 9.17) is 34.8 Å². The van der Waals surface area contributed by atoms with Gasteiger partial charge in [-0.2, -0.15) is 0 Å². The summed E-state index contributed by atoms with van der Waals surface area (Å²) in [7, 11) is 0. The lowest BCUT2D eigenvalue weighted by Gasteiger charge is -2.17. The van der Waals surface area contributed by atoms with Gasteiger partial charge in [0.05, 0.1) is 12.1 Å². The molecule has 2 N–H and O–H groups in total. The summed E-state index contributed by atoms with van der Waals surface area (Å²) < 4.78 is 3.00. The van der Waals surface area contributed by atoms with Crippen molar-refractivity contribution in [2.24, 2.45) is 0 Å². The molecular formula is C8H10Cl3NO3. The summed E-state index contributed by atoms with van der Waals surface area (Å²) in [5, 5.41) is 11.8.